The number of nitrogens with two attached hydrogens (primary N) is 1. The number of hydrogen-bond donors (Lipinski definition) is 2. The number of hydrogen-bond acceptors (Lipinski definition) is 4. The topological polar surface area (TPSA) is 81.2 Å². The molecule has 7 heteroatoms. The highest BCUT2D eigenvalue weighted by Gasteiger charge is 2.18. The molecular formula is C13H11F2N3O2. The molecule has 0 atom stereocenters. The molecule has 0 heterocycles. The molecule has 20 heavy (non-hydrogen) atoms. The third-order valence-electron chi connectivity index (χ3n) is 2.65. The van der Waals surface area contributed by atoms with Gasteiger partial charge in [0.1, 0.15) is 0 Å². The van der Waals surface area contributed by atoms with Crippen LogP contribution in [-0.2, 0) is 0 Å². The van der Waals surface area contributed by atoms with Gasteiger partial charge in [0.15, 0.2) is 0 Å². The minimum absolute atomic E-state index is 0.108. The lowest BCUT2D eigenvalue weighted by molar-refractivity contribution is -0.385. The van der Waals surface area contributed by atoms with Gasteiger partial charge in [-0.2, -0.15) is 0 Å². The number of nitrogens with one attached hydrogen (secondary N) is 1. The quantitative estimate of drug-likeness (QED) is 0.506. The Bertz CT molecular complexity index is 647. The maximum absolute atomic E-state index is 13.0. The van der Waals surface area contributed by atoms with Crippen LogP contribution in [-0.4, -0.2) is 4.92 Å². The molecule has 2 aromatic rings. The number of benzene rings is 2. The molecule has 0 aliphatic carbocycles. The van der Waals surface area contributed by atoms with E-state index in [2.05, 4.69) is 5.32 Å². The normalized spacial score (nSPS) is 10.6. The largest absolute Gasteiger partial charge is 0.399 e. The van der Waals surface area contributed by atoms with Gasteiger partial charge in [-0.3, -0.25) is 10.1 Å². The molecular weight excluding hydrogens is 268 g/mol. The Morgan fingerprint density at radius 2 is 1.95 bits per heavy atom. The second-order valence-corrected chi connectivity index (χ2v) is 4.08. The first-order chi connectivity index (χ1) is 9.47. The molecule has 0 fully saturated rings. The van der Waals surface area contributed by atoms with E-state index < -0.39 is 16.9 Å². The highest BCUT2D eigenvalue weighted by Crippen LogP contribution is 2.32. The standard InChI is InChI=1S/C13H11F2N3O2/c14-13(15)11-7-10(18(19)20)4-5-12(11)17-9-3-1-2-8(16)6-9/h1-7,13,17H,16H2. The summed E-state index contributed by atoms with van der Waals surface area (Å²) in [6, 6.07) is 9.85. The number of nitro benzene ring substituents is 1. The van der Waals surface area contributed by atoms with Gasteiger partial charge in [-0.25, -0.2) is 8.78 Å². The van der Waals surface area contributed by atoms with Crippen LogP contribution in [0.15, 0.2) is 42.5 Å². The van der Waals surface area contributed by atoms with Gasteiger partial charge in [-0.1, -0.05) is 6.07 Å². The average Bonchev–Trinajstić information content (AvgIpc) is 2.38. The molecule has 0 aromatic heterocycles. The van der Waals surface area contributed by atoms with Crippen LogP contribution in [0.3, 0.4) is 0 Å². The Morgan fingerprint density at radius 3 is 2.55 bits per heavy atom. The van der Waals surface area contributed by atoms with E-state index in [1.807, 2.05) is 0 Å². The van der Waals surface area contributed by atoms with Crippen LogP contribution in [0.1, 0.15) is 12.0 Å². The summed E-state index contributed by atoms with van der Waals surface area (Å²) < 4.78 is 25.9. The fraction of sp³-hybridized carbons (Fsp3) is 0.0769. The molecule has 0 saturated heterocycles. The van der Waals surface area contributed by atoms with Crippen molar-refractivity contribution in [2.24, 2.45) is 0 Å². The lowest BCUT2D eigenvalue weighted by Crippen LogP contribution is -1.99. The van der Waals surface area contributed by atoms with Gasteiger partial charge in [0.05, 0.1) is 4.92 Å². The molecule has 0 radical (unpaired) electrons. The van der Waals surface area contributed by atoms with Gasteiger partial charge in [-0.05, 0) is 24.3 Å². The van der Waals surface area contributed by atoms with Crippen LogP contribution in [0.4, 0.5) is 31.5 Å². The minimum Gasteiger partial charge on any atom is -0.399 e. The molecule has 0 bridgehead atoms. The Balaban J connectivity index is 2.38. The van der Waals surface area contributed by atoms with E-state index in [4.69, 9.17) is 5.73 Å². The summed E-state index contributed by atoms with van der Waals surface area (Å²) in [5.74, 6) is 0. The zero-order valence-corrected chi connectivity index (χ0v) is 10.2. The van der Waals surface area contributed by atoms with Gasteiger partial charge in [-0.15, -0.1) is 0 Å². The molecule has 104 valence electrons. The zero-order chi connectivity index (χ0) is 14.7. The van der Waals surface area contributed by atoms with E-state index in [-0.39, 0.29) is 11.4 Å². The number of halogens is 2. The van der Waals surface area contributed by atoms with E-state index in [0.717, 1.165) is 6.07 Å². The fourth-order valence-corrected chi connectivity index (χ4v) is 1.73. The predicted octanol–water partition coefficient (Wildman–Crippen LogP) is 3.86. The minimum atomic E-state index is -2.82. The Labute approximate surface area is 113 Å². The van der Waals surface area contributed by atoms with E-state index in [9.17, 15) is 18.9 Å². The zero-order valence-electron chi connectivity index (χ0n) is 10.2. The van der Waals surface area contributed by atoms with Crippen LogP contribution in [0.2, 0.25) is 0 Å². The first-order valence-corrected chi connectivity index (χ1v) is 5.66. The van der Waals surface area contributed by atoms with Crippen LogP contribution >= 0.6 is 0 Å². The van der Waals surface area contributed by atoms with Crippen LogP contribution in [0.5, 0.6) is 0 Å². The molecule has 2 aromatic carbocycles. The lowest BCUT2D eigenvalue weighted by atomic mass is 10.1. The van der Waals surface area contributed by atoms with E-state index >= 15 is 0 Å². The van der Waals surface area contributed by atoms with Crippen molar-refractivity contribution < 1.29 is 13.7 Å². The highest BCUT2D eigenvalue weighted by atomic mass is 19.3. The van der Waals surface area contributed by atoms with Crippen molar-refractivity contribution >= 4 is 22.7 Å². The number of nitrogens with zero attached hydrogens (tertiary/aromatic N) is 1. The van der Waals surface area contributed by atoms with Crippen molar-refractivity contribution in [3.05, 3.63) is 58.1 Å². The third kappa shape index (κ3) is 3.00. The maximum Gasteiger partial charge on any atom is 0.270 e. The number of nitrogen functional groups attached to an aromatic ring is 1. The number of alkyl halides is 2. The Hall–Kier alpha value is -2.70. The molecule has 0 saturated carbocycles. The van der Waals surface area contributed by atoms with Crippen molar-refractivity contribution in [3.63, 3.8) is 0 Å². The van der Waals surface area contributed by atoms with Gasteiger partial charge < -0.3 is 11.1 Å². The molecule has 0 amide bonds. The molecule has 3 N–H and O–H groups in total. The van der Waals surface area contributed by atoms with Crippen molar-refractivity contribution in [2.75, 3.05) is 11.1 Å². The van der Waals surface area contributed by atoms with Crippen LogP contribution in [0.25, 0.3) is 0 Å². The lowest BCUT2D eigenvalue weighted by Gasteiger charge is -2.11. The number of non-ortho nitro benzene ring substituents is 1. The van der Waals surface area contributed by atoms with Gasteiger partial charge >= 0.3 is 0 Å². The summed E-state index contributed by atoms with van der Waals surface area (Å²) in [5, 5.41) is 13.4. The fourth-order valence-electron chi connectivity index (χ4n) is 1.73. The average molecular weight is 279 g/mol. The van der Waals surface area contributed by atoms with E-state index in [1.165, 1.54) is 12.1 Å². The van der Waals surface area contributed by atoms with Gasteiger partial charge in [0, 0.05) is 34.8 Å². The third-order valence-corrected chi connectivity index (χ3v) is 2.65. The SMILES string of the molecule is Nc1cccc(Nc2ccc([N+](=O)[O-])cc2C(F)F)c1. The molecule has 0 aliphatic rings. The van der Waals surface area contributed by atoms with Crippen molar-refractivity contribution in [3.8, 4) is 0 Å². The smallest absolute Gasteiger partial charge is 0.270 e. The Morgan fingerprint density at radius 1 is 1.20 bits per heavy atom. The summed E-state index contributed by atoms with van der Waals surface area (Å²) in [6.45, 7) is 0. The maximum atomic E-state index is 13.0. The van der Waals surface area contributed by atoms with Crippen molar-refractivity contribution in [1.82, 2.24) is 0 Å². The molecule has 0 spiro atoms. The number of anilines is 3. The first kappa shape index (κ1) is 13.7. The molecule has 0 unspecified atom stereocenters. The van der Waals surface area contributed by atoms with Crippen molar-refractivity contribution in [2.45, 2.75) is 6.43 Å². The summed E-state index contributed by atoms with van der Waals surface area (Å²) in [7, 11) is 0. The first-order valence-electron chi connectivity index (χ1n) is 5.66. The second-order valence-electron chi connectivity index (χ2n) is 4.08. The molecule has 0 aliphatic heterocycles. The summed E-state index contributed by atoms with van der Waals surface area (Å²) >= 11 is 0. The Kier molecular flexibility index (Phi) is 3.79. The van der Waals surface area contributed by atoms with Gasteiger partial charge in [0.25, 0.3) is 12.1 Å². The monoisotopic (exact) mass is 279 g/mol. The molecule has 2 rings (SSSR count). The summed E-state index contributed by atoms with van der Waals surface area (Å²) in [5.41, 5.74) is 5.91. The summed E-state index contributed by atoms with van der Waals surface area (Å²) in [4.78, 5) is 9.90. The van der Waals surface area contributed by atoms with E-state index in [0.29, 0.717) is 11.4 Å². The van der Waals surface area contributed by atoms with Crippen molar-refractivity contribution in [1.29, 1.82) is 0 Å². The second kappa shape index (κ2) is 5.52. The molecule has 5 nitrogen and oxygen atoms in total. The van der Waals surface area contributed by atoms with Crippen LogP contribution in [0, 0.1) is 10.1 Å². The van der Waals surface area contributed by atoms with E-state index in [1.54, 1.807) is 24.3 Å². The van der Waals surface area contributed by atoms with Crippen LogP contribution < -0.4 is 11.1 Å². The van der Waals surface area contributed by atoms with Gasteiger partial charge in [0.2, 0.25) is 0 Å². The number of rotatable bonds is 4. The predicted molar refractivity (Wildman–Crippen MR) is 72.2 cm³/mol. The summed E-state index contributed by atoms with van der Waals surface area (Å²) in [6.07, 6.45) is -2.82. The highest BCUT2D eigenvalue weighted by molar-refractivity contribution is 5.67. The number of nitro groups is 1.